The second-order valence-corrected chi connectivity index (χ2v) is 5.90. The number of nitrogen functional groups attached to an aromatic ring is 1. The molecule has 0 bridgehead atoms. The molecule has 23 heavy (non-hydrogen) atoms. The molecule has 3 aromatic rings. The lowest BCUT2D eigenvalue weighted by Crippen LogP contribution is -2.25. The van der Waals surface area contributed by atoms with E-state index < -0.39 is 11.5 Å². The Bertz CT molecular complexity index is 992. The Kier molecular flexibility index (Phi) is 2.94. The number of pyridine rings is 1. The van der Waals surface area contributed by atoms with Gasteiger partial charge in [-0.1, -0.05) is 12.1 Å². The van der Waals surface area contributed by atoms with Crippen molar-refractivity contribution < 1.29 is 4.39 Å². The number of aromatic nitrogens is 3. The van der Waals surface area contributed by atoms with Crippen LogP contribution < -0.4 is 11.4 Å². The van der Waals surface area contributed by atoms with Crippen LogP contribution in [0.15, 0.2) is 35.1 Å². The highest BCUT2D eigenvalue weighted by Gasteiger charge is 2.26. The highest BCUT2D eigenvalue weighted by Crippen LogP contribution is 2.39. The van der Waals surface area contributed by atoms with Crippen molar-refractivity contribution >= 4 is 16.9 Å². The first-order chi connectivity index (χ1) is 11.1. The molecule has 6 heteroatoms. The van der Waals surface area contributed by atoms with E-state index in [0.717, 1.165) is 18.5 Å². The number of benzene rings is 1. The van der Waals surface area contributed by atoms with Crippen LogP contribution >= 0.6 is 0 Å². The third-order valence-electron chi connectivity index (χ3n) is 4.20. The summed E-state index contributed by atoms with van der Waals surface area (Å²) in [5.74, 6) is 0.0740. The Morgan fingerprint density at radius 2 is 2.00 bits per heavy atom. The maximum atomic E-state index is 14.5. The number of fused-ring (bicyclic) bond motifs is 1. The van der Waals surface area contributed by atoms with E-state index in [1.165, 1.54) is 4.57 Å². The van der Waals surface area contributed by atoms with Crippen LogP contribution in [-0.4, -0.2) is 14.5 Å². The van der Waals surface area contributed by atoms with Crippen molar-refractivity contribution in [1.82, 2.24) is 14.5 Å². The molecule has 4 rings (SSSR count). The molecule has 0 atom stereocenters. The fourth-order valence-corrected chi connectivity index (χ4v) is 2.77. The molecule has 0 unspecified atom stereocenters. The number of anilines is 1. The Balaban J connectivity index is 2.10. The van der Waals surface area contributed by atoms with Crippen LogP contribution in [0.25, 0.3) is 16.7 Å². The van der Waals surface area contributed by atoms with Gasteiger partial charge in [-0.3, -0.25) is 0 Å². The molecule has 1 aromatic carbocycles. The Morgan fingerprint density at radius 1 is 1.22 bits per heavy atom. The van der Waals surface area contributed by atoms with Crippen molar-refractivity contribution in [2.24, 2.45) is 0 Å². The van der Waals surface area contributed by atoms with Crippen molar-refractivity contribution in [2.75, 3.05) is 5.73 Å². The van der Waals surface area contributed by atoms with Crippen molar-refractivity contribution in [3.63, 3.8) is 0 Å². The summed E-state index contributed by atoms with van der Waals surface area (Å²) in [4.78, 5) is 20.8. The molecular formula is C17H15FN4O. The highest BCUT2D eigenvalue weighted by molar-refractivity contribution is 5.86. The number of halogens is 1. The normalized spacial score (nSPS) is 14.3. The zero-order chi connectivity index (χ0) is 16.1. The van der Waals surface area contributed by atoms with E-state index in [4.69, 9.17) is 5.73 Å². The minimum Gasteiger partial charge on any atom is -0.383 e. The fraction of sp³-hybridized carbons (Fsp3) is 0.235. The third kappa shape index (κ3) is 2.18. The van der Waals surface area contributed by atoms with Gasteiger partial charge in [-0.05, 0) is 43.5 Å². The highest BCUT2D eigenvalue weighted by atomic mass is 19.1. The second kappa shape index (κ2) is 4.87. The molecule has 0 aliphatic heterocycles. The molecule has 2 N–H and O–H groups in total. The van der Waals surface area contributed by atoms with E-state index >= 15 is 0 Å². The lowest BCUT2D eigenvalue weighted by Gasteiger charge is -2.13. The average Bonchev–Trinajstić information content (AvgIpc) is 3.35. The quantitative estimate of drug-likeness (QED) is 0.790. The fourth-order valence-electron chi connectivity index (χ4n) is 2.77. The van der Waals surface area contributed by atoms with Crippen molar-refractivity contribution in [1.29, 1.82) is 0 Å². The summed E-state index contributed by atoms with van der Waals surface area (Å²) in [5.41, 5.74) is 7.10. The van der Waals surface area contributed by atoms with Gasteiger partial charge in [0.15, 0.2) is 5.65 Å². The Labute approximate surface area is 131 Å². The first-order valence-corrected chi connectivity index (χ1v) is 7.51. The lowest BCUT2D eigenvalue weighted by atomic mass is 10.2. The van der Waals surface area contributed by atoms with Crippen molar-refractivity contribution in [2.45, 2.75) is 25.7 Å². The van der Waals surface area contributed by atoms with Gasteiger partial charge in [0.05, 0.1) is 11.1 Å². The van der Waals surface area contributed by atoms with Crippen LogP contribution in [0, 0.1) is 12.7 Å². The van der Waals surface area contributed by atoms with Gasteiger partial charge < -0.3 is 5.73 Å². The number of nitrogens with zero attached hydrogens (tertiary/aromatic N) is 3. The van der Waals surface area contributed by atoms with Crippen molar-refractivity contribution in [3.05, 3.63) is 57.9 Å². The van der Waals surface area contributed by atoms with E-state index in [0.29, 0.717) is 22.5 Å². The van der Waals surface area contributed by atoms with Gasteiger partial charge in [0.25, 0.3) is 0 Å². The van der Waals surface area contributed by atoms with Gasteiger partial charge in [-0.15, -0.1) is 0 Å². The number of hydrogen-bond acceptors (Lipinski definition) is 4. The number of rotatable bonds is 2. The molecule has 2 aromatic heterocycles. The van der Waals surface area contributed by atoms with Gasteiger partial charge in [0.2, 0.25) is 0 Å². The van der Waals surface area contributed by atoms with E-state index in [9.17, 15) is 9.18 Å². The standard InChI is InChI=1S/C17H15FN4O/c1-9-3-2-4-13(14(9)18)22-16-11(15(19)21-17(22)23)7-8-12(20-16)10-5-6-10/h2-4,7-8,10H,5-6H2,1H3,(H2,19,21,23). The molecule has 1 saturated carbocycles. The van der Waals surface area contributed by atoms with Gasteiger partial charge in [-0.25, -0.2) is 18.7 Å². The zero-order valence-corrected chi connectivity index (χ0v) is 12.6. The van der Waals surface area contributed by atoms with E-state index in [1.54, 1.807) is 25.1 Å². The maximum absolute atomic E-state index is 14.5. The molecule has 116 valence electrons. The molecule has 1 fully saturated rings. The van der Waals surface area contributed by atoms with E-state index in [2.05, 4.69) is 9.97 Å². The SMILES string of the molecule is Cc1cccc(-n2c(=O)nc(N)c3ccc(C4CC4)nc32)c1F. The molecule has 2 heterocycles. The summed E-state index contributed by atoms with van der Waals surface area (Å²) in [7, 11) is 0. The maximum Gasteiger partial charge on any atom is 0.355 e. The minimum absolute atomic E-state index is 0.115. The zero-order valence-electron chi connectivity index (χ0n) is 12.6. The molecule has 0 radical (unpaired) electrons. The van der Waals surface area contributed by atoms with E-state index in [-0.39, 0.29) is 11.5 Å². The molecular weight excluding hydrogens is 295 g/mol. The van der Waals surface area contributed by atoms with Crippen LogP contribution in [-0.2, 0) is 0 Å². The third-order valence-corrected chi connectivity index (χ3v) is 4.20. The number of aryl methyl sites for hydroxylation is 1. The monoisotopic (exact) mass is 310 g/mol. The summed E-state index contributed by atoms with van der Waals surface area (Å²) in [5, 5.41) is 0.551. The Hall–Kier alpha value is -2.76. The van der Waals surface area contributed by atoms with Crippen LogP contribution in [0.5, 0.6) is 0 Å². The van der Waals surface area contributed by atoms with Gasteiger partial charge in [0.1, 0.15) is 11.6 Å². The molecule has 5 nitrogen and oxygen atoms in total. The van der Waals surface area contributed by atoms with Crippen LogP contribution in [0.4, 0.5) is 10.2 Å². The summed E-state index contributed by atoms with van der Waals surface area (Å²) >= 11 is 0. The van der Waals surface area contributed by atoms with Gasteiger partial charge in [-0.2, -0.15) is 4.98 Å². The minimum atomic E-state index is -0.625. The number of nitrogens with two attached hydrogens (primary N) is 1. The Morgan fingerprint density at radius 3 is 2.74 bits per heavy atom. The molecule has 1 aliphatic rings. The molecule has 0 amide bonds. The predicted octanol–water partition coefficient (Wildman–Crippen LogP) is 2.69. The predicted molar refractivity (Wildman–Crippen MR) is 86.2 cm³/mol. The topological polar surface area (TPSA) is 73.8 Å². The van der Waals surface area contributed by atoms with Gasteiger partial charge >= 0.3 is 5.69 Å². The number of hydrogen-bond donors (Lipinski definition) is 1. The summed E-state index contributed by atoms with van der Waals surface area (Å²) in [6, 6.07) is 8.61. The van der Waals surface area contributed by atoms with Crippen LogP contribution in [0.1, 0.15) is 30.0 Å². The summed E-state index contributed by atoms with van der Waals surface area (Å²) < 4.78 is 15.7. The molecule has 1 aliphatic carbocycles. The lowest BCUT2D eigenvalue weighted by molar-refractivity contribution is 0.607. The second-order valence-electron chi connectivity index (χ2n) is 5.90. The first-order valence-electron chi connectivity index (χ1n) is 7.51. The van der Waals surface area contributed by atoms with Gasteiger partial charge in [0, 0.05) is 11.6 Å². The van der Waals surface area contributed by atoms with Crippen LogP contribution in [0.3, 0.4) is 0 Å². The average molecular weight is 310 g/mol. The van der Waals surface area contributed by atoms with E-state index in [1.807, 2.05) is 12.1 Å². The first kappa shape index (κ1) is 13.9. The largest absolute Gasteiger partial charge is 0.383 e. The summed E-state index contributed by atoms with van der Waals surface area (Å²) in [6.45, 7) is 1.65. The smallest absolute Gasteiger partial charge is 0.355 e. The molecule has 0 spiro atoms. The van der Waals surface area contributed by atoms with Crippen molar-refractivity contribution in [3.8, 4) is 5.69 Å². The van der Waals surface area contributed by atoms with Crippen LogP contribution in [0.2, 0.25) is 0 Å². The molecule has 0 saturated heterocycles. The summed E-state index contributed by atoms with van der Waals surface area (Å²) in [6.07, 6.45) is 2.17.